The highest BCUT2D eigenvalue weighted by Crippen LogP contribution is 2.08. The molecule has 0 radical (unpaired) electrons. The summed E-state index contributed by atoms with van der Waals surface area (Å²) in [6.07, 6.45) is 0. The van der Waals surface area contributed by atoms with Gasteiger partial charge in [-0.15, -0.1) is 0 Å². The Labute approximate surface area is 110 Å². The number of nitrogens with zero attached hydrogens (tertiary/aromatic N) is 1. The highest BCUT2D eigenvalue weighted by molar-refractivity contribution is 5.81. The molecule has 1 N–H and O–H groups in total. The van der Waals surface area contributed by atoms with Gasteiger partial charge in [-0.05, 0) is 27.7 Å². The molecular formula is C13H26N2O3. The van der Waals surface area contributed by atoms with Crippen molar-refractivity contribution >= 4 is 5.91 Å². The Morgan fingerprint density at radius 3 is 2.61 bits per heavy atom. The molecule has 5 nitrogen and oxygen atoms in total. The maximum absolute atomic E-state index is 12.1. The van der Waals surface area contributed by atoms with Crippen molar-refractivity contribution in [1.29, 1.82) is 0 Å². The number of hydrogen-bond acceptors (Lipinski definition) is 4. The van der Waals surface area contributed by atoms with E-state index in [1.807, 2.05) is 32.6 Å². The van der Waals surface area contributed by atoms with Gasteiger partial charge in [-0.2, -0.15) is 0 Å². The van der Waals surface area contributed by atoms with Crippen LogP contribution >= 0.6 is 0 Å². The number of morpholine rings is 1. The summed E-state index contributed by atoms with van der Waals surface area (Å²) in [4.78, 5) is 14.0. The summed E-state index contributed by atoms with van der Waals surface area (Å²) >= 11 is 0. The third-order valence-electron chi connectivity index (χ3n) is 3.06. The Morgan fingerprint density at radius 1 is 1.44 bits per heavy atom. The van der Waals surface area contributed by atoms with E-state index in [1.54, 1.807) is 0 Å². The Hall–Kier alpha value is -0.650. The molecule has 0 aromatic carbocycles. The zero-order valence-corrected chi connectivity index (χ0v) is 12.0. The molecule has 1 aliphatic rings. The first-order chi connectivity index (χ1) is 8.46. The van der Waals surface area contributed by atoms with Crippen molar-refractivity contribution in [3.63, 3.8) is 0 Å². The predicted molar refractivity (Wildman–Crippen MR) is 70.6 cm³/mol. The van der Waals surface area contributed by atoms with Crippen LogP contribution in [0, 0.1) is 0 Å². The summed E-state index contributed by atoms with van der Waals surface area (Å²) in [7, 11) is 0. The number of ether oxygens (including phenoxy) is 2. The van der Waals surface area contributed by atoms with Gasteiger partial charge >= 0.3 is 0 Å². The van der Waals surface area contributed by atoms with Crippen LogP contribution in [0.1, 0.15) is 27.7 Å². The SMILES string of the molecule is CCOC(C)(C)CNC(C)C(=O)N1CCOCC1. The maximum Gasteiger partial charge on any atom is 0.239 e. The number of hydrogen-bond donors (Lipinski definition) is 1. The van der Waals surface area contributed by atoms with Gasteiger partial charge in [0.2, 0.25) is 5.91 Å². The number of amides is 1. The second kappa shape index (κ2) is 7.07. The molecule has 1 rings (SSSR count). The summed E-state index contributed by atoms with van der Waals surface area (Å²) in [5, 5.41) is 3.25. The van der Waals surface area contributed by atoms with Crippen LogP contribution < -0.4 is 5.32 Å². The second-order valence-electron chi connectivity index (χ2n) is 5.23. The Morgan fingerprint density at radius 2 is 2.06 bits per heavy atom. The van der Waals surface area contributed by atoms with E-state index in [9.17, 15) is 4.79 Å². The van der Waals surface area contributed by atoms with Gasteiger partial charge in [0, 0.05) is 26.2 Å². The van der Waals surface area contributed by atoms with Crippen molar-refractivity contribution in [2.45, 2.75) is 39.3 Å². The van der Waals surface area contributed by atoms with Crippen molar-refractivity contribution in [3.05, 3.63) is 0 Å². The minimum Gasteiger partial charge on any atom is -0.378 e. The van der Waals surface area contributed by atoms with Crippen LogP contribution in [0.4, 0.5) is 0 Å². The van der Waals surface area contributed by atoms with E-state index >= 15 is 0 Å². The summed E-state index contributed by atoms with van der Waals surface area (Å²) in [6, 6.07) is -0.178. The fraction of sp³-hybridized carbons (Fsp3) is 0.923. The van der Waals surface area contributed by atoms with Crippen molar-refractivity contribution in [2.75, 3.05) is 39.5 Å². The largest absolute Gasteiger partial charge is 0.378 e. The number of carbonyl (C=O) groups is 1. The zero-order chi connectivity index (χ0) is 13.6. The molecule has 0 aromatic rings. The summed E-state index contributed by atoms with van der Waals surface area (Å²) in [5.74, 6) is 0.144. The Kier molecular flexibility index (Phi) is 6.05. The molecule has 106 valence electrons. The summed E-state index contributed by atoms with van der Waals surface area (Å²) in [6.45, 7) is 11.9. The molecule has 0 saturated carbocycles. The molecule has 1 fully saturated rings. The summed E-state index contributed by atoms with van der Waals surface area (Å²) < 4.78 is 10.8. The van der Waals surface area contributed by atoms with Gasteiger partial charge in [-0.3, -0.25) is 4.79 Å². The van der Waals surface area contributed by atoms with Gasteiger partial charge in [-0.1, -0.05) is 0 Å². The predicted octanol–water partition coefficient (Wildman–Crippen LogP) is 0.638. The topological polar surface area (TPSA) is 50.8 Å². The maximum atomic E-state index is 12.1. The minimum atomic E-state index is -0.242. The van der Waals surface area contributed by atoms with E-state index < -0.39 is 0 Å². The van der Waals surface area contributed by atoms with Crippen LogP contribution in [0.3, 0.4) is 0 Å². The first kappa shape index (κ1) is 15.4. The van der Waals surface area contributed by atoms with E-state index in [-0.39, 0.29) is 17.6 Å². The van der Waals surface area contributed by atoms with Crippen LogP contribution in [-0.2, 0) is 14.3 Å². The highest BCUT2D eigenvalue weighted by atomic mass is 16.5. The van der Waals surface area contributed by atoms with E-state index in [1.165, 1.54) is 0 Å². The third-order valence-corrected chi connectivity index (χ3v) is 3.06. The number of carbonyl (C=O) groups excluding carboxylic acids is 1. The lowest BCUT2D eigenvalue weighted by atomic mass is 10.1. The van der Waals surface area contributed by atoms with Crippen LogP contribution in [0.2, 0.25) is 0 Å². The lowest BCUT2D eigenvalue weighted by Gasteiger charge is -2.31. The number of rotatable bonds is 6. The van der Waals surface area contributed by atoms with Crippen molar-refractivity contribution in [1.82, 2.24) is 10.2 Å². The molecule has 1 amide bonds. The van der Waals surface area contributed by atoms with E-state index in [4.69, 9.17) is 9.47 Å². The highest BCUT2D eigenvalue weighted by Gasteiger charge is 2.24. The van der Waals surface area contributed by atoms with Gasteiger partial charge in [0.25, 0.3) is 0 Å². The molecule has 0 spiro atoms. The standard InChI is InChI=1S/C13H26N2O3/c1-5-18-13(3,4)10-14-11(2)12(16)15-6-8-17-9-7-15/h11,14H,5-10H2,1-4H3. The first-order valence-corrected chi connectivity index (χ1v) is 6.70. The van der Waals surface area contributed by atoms with Crippen LogP contribution in [0.25, 0.3) is 0 Å². The molecule has 0 aromatic heterocycles. The van der Waals surface area contributed by atoms with Crippen molar-refractivity contribution in [2.24, 2.45) is 0 Å². The average molecular weight is 258 g/mol. The van der Waals surface area contributed by atoms with E-state index in [0.717, 1.165) is 0 Å². The summed E-state index contributed by atoms with van der Waals surface area (Å²) in [5.41, 5.74) is -0.242. The van der Waals surface area contributed by atoms with Crippen molar-refractivity contribution < 1.29 is 14.3 Å². The molecule has 5 heteroatoms. The van der Waals surface area contributed by atoms with Crippen LogP contribution in [0.15, 0.2) is 0 Å². The lowest BCUT2D eigenvalue weighted by Crippen LogP contribution is -2.51. The zero-order valence-electron chi connectivity index (χ0n) is 12.0. The smallest absolute Gasteiger partial charge is 0.239 e. The van der Waals surface area contributed by atoms with Crippen LogP contribution in [0.5, 0.6) is 0 Å². The molecule has 1 aliphatic heterocycles. The molecule has 0 bridgehead atoms. The second-order valence-corrected chi connectivity index (χ2v) is 5.23. The molecule has 1 heterocycles. The van der Waals surface area contributed by atoms with Gasteiger partial charge < -0.3 is 19.7 Å². The number of nitrogens with one attached hydrogen (secondary N) is 1. The molecule has 18 heavy (non-hydrogen) atoms. The molecule has 1 unspecified atom stereocenters. The molecular weight excluding hydrogens is 232 g/mol. The van der Waals surface area contributed by atoms with Gasteiger partial charge in [0.15, 0.2) is 0 Å². The normalized spacial score (nSPS) is 18.8. The van der Waals surface area contributed by atoms with Gasteiger partial charge in [-0.25, -0.2) is 0 Å². The lowest BCUT2D eigenvalue weighted by molar-refractivity contribution is -0.137. The first-order valence-electron chi connectivity index (χ1n) is 6.70. The minimum absolute atomic E-state index is 0.144. The monoisotopic (exact) mass is 258 g/mol. The van der Waals surface area contributed by atoms with E-state index in [0.29, 0.717) is 39.5 Å². The Balaban J connectivity index is 2.35. The van der Waals surface area contributed by atoms with Crippen LogP contribution in [-0.4, -0.2) is 61.9 Å². The van der Waals surface area contributed by atoms with E-state index in [2.05, 4.69) is 5.32 Å². The molecule has 1 saturated heterocycles. The third kappa shape index (κ3) is 4.92. The Bertz CT molecular complexity index is 263. The fourth-order valence-corrected chi connectivity index (χ4v) is 1.99. The van der Waals surface area contributed by atoms with Gasteiger partial charge in [0.05, 0.1) is 24.9 Å². The average Bonchev–Trinajstić information content (AvgIpc) is 2.36. The van der Waals surface area contributed by atoms with Gasteiger partial charge in [0.1, 0.15) is 0 Å². The quantitative estimate of drug-likeness (QED) is 0.759. The molecule has 1 atom stereocenters. The fourth-order valence-electron chi connectivity index (χ4n) is 1.99. The van der Waals surface area contributed by atoms with Crippen molar-refractivity contribution in [3.8, 4) is 0 Å². The molecule has 0 aliphatic carbocycles.